The standard InChI is InChI=1S/C18H10BrN3O5S/c19-14-7-13(22(26)27)5-12(16(14)23)6-15-17(24)21(18(25)28-15)9-11-4-2-1-3-10(11)8-20/h1-7,23H,9H2/b15-6+. The number of carbonyl (C=O) groups is 2. The smallest absolute Gasteiger partial charge is 0.293 e. The Balaban J connectivity index is 1.94. The highest BCUT2D eigenvalue weighted by molar-refractivity contribution is 9.10. The van der Waals surface area contributed by atoms with Crippen LogP contribution in [0.2, 0.25) is 0 Å². The van der Waals surface area contributed by atoms with Gasteiger partial charge in [-0.3, -0.25) is 24.6 Å². The van der Waals surface area contributed by atoms with Crippen LogP contribution in [0.3, 0.4) is 0 Å². The third-order valence-electron chi connectivity index (χ3n) is 3.91. The number of halogens is 1. The second-order valence-electron chi connectivity index (χ2n) is 5.66. The number of nitrogens with zero attached hydrogens (tertiary/aromatic N) is 3. The summed E-state index contributed by atoms with van der Waals surface area (Å²) in [5.74, 6) is -0.892. The first kappa shape index (κ1) is 19.6. The van der Waals surface area contributed by atoms with Crippen molar-refractivity contribution in [1.29, 1.82) is 5.26 Å². The molecule has 2 aromatic rings. The van der Waals surface area contributed by atoms with Gasteiger partial charge in [0.2, 0.25) is 0 Å². The molecule has 10 heteroatoms. The van der Waals surface area contributed by atoms with Crippen LogP contribution in [0.15, 0.2) is 45.8 Å². The van der Waals surface area contributed by atoms with Crippen molar-refractivity contribution in [3.05, 3.63) is 72.6 Å². The van der Waals surface area contributed by atoms with Crippen LogP contribution in [0.4, 0.5) is 10.5 Å². The molecule has 0 spiro atoms. The number of nitriles is 1. The van der Waals surface area contributed by atoms with E-state index in [0.717, 1.165) is 17.0 Å². The lowest BCUT2D eigenvalue weighted by Gasteiger charge is -2.13. The largest absolute Gasteiger partial charge is 0.506 e. The highest BCUT2D eigenvalue weighted by Crippen LogP contribution is 2.38. The SMILES string of the molecule is N#Cc1ccccc1CN1C(=O)S/C(=C/c2cc([N+](=O)[O-])cc(Br)c2O)C1=O. The number of aromatic hydroxyl groups is 1. The Morgan fingerprint density at radius 1 is 1.32 bits per heavy atom. The monoisotopic (exact) mass is 459 g/mol. The van der Waals surface area contributed by atoms with Crippen molar-refractivity contribution >= 4 is 50.6 Å². The number of nitro groups is 1. The molecular formula is C18H10BrN3O5S. The van der Waals surface area contributed by atoms with Gasteiger partial charge in [0, 0.05) is 17.7 Å². The number of non-ortho nitro benzene ring substituents is 1. The van der Waals surface area contributed by atoms with Crippen LogP contribution in [0, 0.1) is 21.4 Å². The lowest BCUT2D eigenvalue weighted by atomic mass is 10.1. The Bertz CT molecular complexity index is 1090. The molecule has 1 heterocycles. The molecule has 0 aromatic heterocycles. The van der Waals surface area contributed by atoms with Gasteiger partial charge in [-0.1, -0.05) is 18.2 Å². The van der Waals surface area contributed by atoms with E-state index in [1.165, 1.54) is 6.08 Å². The number of hydrogen-bond donors (Lipinski definition) is 1. The lowest BCUT2D eigenvalue weighted by molar-refractivity contribution is -0.385. The van der Waals surface area contributed by atoms with Crippen LogP contribution in [-0.4, -0.2) is 26.1 Å². The van der Waals surface area contributed by atoms with Gasteiger partial charge in [-0.25, -0.2) is 0 Å². The zero-order valence-electron chi connectivity index (χ0n) is 14.0. The highest BCUT2D eigenvalue weighted by atomic mass is 79.9. The first-order valence-corrected chi connectivity index (χ1v) is 9.33. The fourth-order valence-corrected chi connectivity index (χ4v) is 3.83. The van der Waals surface area contributed by atoms with Crippen molar-refractivity contribution in [3.63, 3.8) is 0 Å². The van der Waals surface area contributed by atoms with Gasteiger partial charge in [-0.2, -0.15) is 5.26 Å². The number of phenolic OH excluding ortho intramolecular Hbond substituents is 1. The topological polar surface area (TPSA) is 125 Å². The molecule has 28 heavy (non-hydrogen) atoms. The molecule has 2 amide bonds. The summed E-state index contributed by atoms with van der Waals surface area (Å²) in [6.45, 7) is -0.0731. The van der Waals surface area contributed by atoms with E-state index in [2.05, 4.69) is 15.9 Å². The van der Waals surface area contributed by atoms with E-state index in [9.17, 15) is 24.8 Å². The molecule has 2 aromatic carbocycles. The summed E-state index contributed by atoms with van der Waals surface area (Å²) in [5, 5.41) is 29.7. The molecule has 0 saturated carbocycles. The minimum Gasteiger partial charge on any atom is -0.506 e. The Hall–Kier alpha value is -3.16. The van der Waals surface area contributed by atoms with Crippen LogP contribution in [-0.2, 0) is 11.3 Å². The lowest BCUT2D eigenvalue weighted by Crippen LogP contribution is -2.27. The molecule has 3 rings (SSSR count). The third-order valence-corrected chi connectivity index (χ3v) is 5.43. The number of phenols is 1. The number of amides is 2. The van der Waals surface area contributed by atoms with Crippen LogP contribution < -0.4 is 0 Å². The highest BCUT2D eigenvalue weighted by Gasteiger charge is 2.35. The molecule has 1 aliphatic heterocycles. The molecule has 1 saturated heterocycles. The molecule has 1 fully saturated rings. The molecule has 8 nitrogen and oxygen atoms in total. The van der Waals surface area contributed by atoms with E-state index in [1.807, 2.05) is 6.07 Å². The van der Waals surface area contributed by atoms with Gasteiger partial charge in [-0.05, 0) is 45.4 Å². The maximum Gasteiger partial charge on any atom is 0.293 e. The Morgan fingerprint density at radius 3 is 2.71 bits per heavy atom. The van der Waals surface area contributed by atoms with E-state index >= 15 is 0 Å². The van der Waals surface area contributed by atoms with E-state index in [4.69, 9.17) is 5.26 Å². The average molecular weight is 460 g/mol. The van der Waals surface area contributed by atoms with Crippen LogP contribution >= 0.6 is 27.7 Å². The van der Waals surface area contributed by atoms with E-state index in [-0.39, 0.29) is 32.9 Å². The van der Waals surface area contributed by atoms with Crippen molar-refractivity contribution in [2.45, 2.75) is 6.54 Å². The van der Waals surface area contributed by atoms with Gasteiger partial charge >= 0.3 is 0 Å². The van der Waals surface area contributed by atoms with Gasteiger partial charge in [0.1, 0.15) is 5.75 Å². The second kappa shape index (κ2) is 7.84. The summed E-state index contributed by atoms with van der Waals surface area (Å²) in [4.78, 5) is 36.3. The summed E-state index contributed by atoms with van der Waals surface area (Å²) in [6, 6.07) is 10.9. The van der Waals surface area contributed by atoms with Gasteiger partial charge in [0.25, 0.3) is 16.8 Å². The molecule has 0 aliphatic carbocycles. The number of imide groups is 1. The van der Waals surface area contributed by atoms with Gasteiger partial charge < -0.3 is 5.11 Å². The summed E-state index contributed by atoms with van der Waals surface area (Å²) in [5.41, 5.74) is 0.627. The summed E-state index contributed by atoms with van der Waals surface area (Å²) in [7, 11) is 0. The Kier molecular flexibility index (Phi) is 5.48. The minimum absolute atomic E-state index is 0.0159. The number of thioether (sulfide) groups is 1. The molecule has 1 N–H and O–H groups in total. The zero-order chi connectivity index (χ0) is 20.4. The molecule has 0 unspecified atom stereocenters. The maximum absolute atomic E-state index is 12.6. The van der Waals surface area contributed by atoms with E-state index < -0.39 is 16.1 Å². The quantitative estimate of drug-likeness (QED) is 0.413. The average Bonchev–Trinajstić information content (AvgIpc) is 2.93. The van der Waals surface area contributed by atoms with Crippen LogP contribution in [0.1, 0.15) is 16.7 Å². The Labute approximate surface area is 171 Å². The summed E-state index contributed by atoms with van der Waals surface area (Å²) >= 11 is 3.69. The normalized spacial score (nSPS) is 15.1. The number of benzene rings is 2. The fourth-order valence-electron chi connectivity index (χ4n) is 2.54. The zero-order valence-corrected chi connectivity index (χ0v) is 16.4. The first-order valence-electron chi connectivity index (χ1n) is 7.72. The minimum atomic E-state index is -0.633. The molecular weight excluding hydrogens is 450 g/mol. The van der Waals surface area contributed by atoms with Crippen molar-refractivity contribution in [2.24, 2.45) is 0 Å². The Morgan fingerprint density at radius 2 is 2.04 bits per heavy atom. The molecule has 0 atom stereocenters. The predicted octanol–water partition coefficient (Wildman–Crippen LogP) is 4.17. The van der Waals surface area contributed by atoms with Gasteiger partial charge in [-0.15, -0.1) is 0 Å². The molecule has 140 valence electrons. The first-order chi connectivity index (χ1) is 13.3. The maximum atomic E-state index is 12.6. The van der Waals surface area contributed by atoms with E-state index in [0.29, 0.717) is 22.9 Å². The number of carbonyl (C=O) groups excluding carboxylic acids is 2. The summed E-state index contributed by atoms with van der Waals surface area (Å²) in [6.07, 6.45) is 1.23. The molecule has 1 aliphatic rings. The van der Waals surface area contributed by atoms with E-state index in [1.54, 1.807) is 24.3 Å². The van der Waals surface area contributed by atoms with Gasteiger partial charge in [0.15, 0.2) is 0 Å². The second-order valence-corrected chi connectivity index (χ2v) is 7.51. The number of rotatable bonds is 4. The molecule has 0 bridgehead atoms. The van der Waals surface area contributed by atoms with Crippen LogP contribution in [0.5, 0.6) is 5.75 Å². The van der Waals surface area contributed by atoms with Crippen molar-refractivity contribution in [3.8, 4) is 11.8 Å². The van der Waals surface area contributed by atoms with Crippen LogP contribution in [0.25, 0.3) is 6.08 Å². The summed E-state index contributed by atoms with van der Waals surface area (Å²) < 4.78 is 0.0927. The molecule has 0 radical (unpaired) electrons. The van der Waals surface area contributed by atoms with Crippen molar-refractivity contribution < 1.29 is 19.6 Å². The third kappa shape index (κ3) is 3.76. The number of nitro benzene ring substituents is 1. The van der Waals surface area contributed by atoms with Crippen molar-refractivity contribution in [2.75, 3.05) is 0 Å². The van der Waals surface area contributed by atoms with Gasteiger partial charge in [0.05, 0.1) is 32.5 Å². The predicted molar refractivity (Wildman–Crippen MR) is 105 cm³/mol. The fraction of sp³-hybridized carbons (Fsp3) is 0.0556. The van der Waals surface area contributed by atoms with Crippen molar-refractivity contribution in [1.82, 2.24) is 4.90 Å². The number of hydrogen-bond acceptors (Lipinski definition) is 7.